The van der Waals surface area contributed by atoms with Crippen LogP contribution >= 0.6 is 27.5 Å². The van der Waals surface area contributed by atoms with Crippen LogP contribution in [0.1, 0.15) is 16.8 Å². The Labute approximate surface area is 153 Å². The van der Waals surface area contributed by atoms with Crippen LogP contribution in [0.25, 0.3) is 0 Å². The van der Waals surface area contributed by atoms with Crippen molar-refractivity contribution in [3.05, 3.63) is 57.5 Å². The van der Waals surface area contributed by atoms with Gasteiger partial charge in [-0.25, -0.2) is 8.42 Å². The Hall–Kier alpha value is -1.57. The quantitative estimate of drug-likeness (QED) is 0.805. The first kappa shape index (κ1) is 17.3. The Kier molecular flexibility index (Phi) is 4.85. The number of anilines is 2. The number of halogens is 2. The van der Waals surface area contributed by atoms with E-state index in [9.17, 15) is 13.2 Å². The van der Waals surface area contributed by atoms with Gasteiger partial charge in [0.15, 0.2) is 0 Å². The van der Waals surface area contributed by atoms with E-state index in [1.54, 1.807) is 42.5 Å². The molecule has 1 aliphatic heterocycles. The van der Waals surface area contributed by atoms with Crippen LogP contribution in [0.5, 0.6) is 0 Å². The second-order valence-corrected chi connectivity index (χ2v) is 8.71. The zero-order chi connectivity index (χ0) is 17.3. The summed E-state index contributed by atoms with van der Waals surface area (Å²) in [5, 5.41) is 3.09. The third kappa shape index (κ3) is 3.58. The van der Waals surface area contributed by atoms with Crippen molar-refractivity contribution in [2.24, 2.45) is 0 Å². The average molecular weight is 430 g/mol. The molecule has 0 saturated carbocycles. The van der Waals surface area contributed by atoms with Crippen LogP contribution in [0.2, 0.25) is 5.02 Å². The van der Waals surface area contributed by atoms with Crippen molar-refractivity contribution in [3.63, 3.8) is 0 Å². The molecule has 0 atom stereocenters. The molecule has 1 N–H and O–H groups in total. The van der Waals surface area contributed by atoms with Crippen molar-refractivity contribution in [2.45, 2.75) is 6.42 Å². The van der Waals surface area contributed by atoms with Crippen LogP contribution in [0.15, 0.2) is 46.9 Å². The van der Waals surface area contributed by atoms with Crippen LogP contribution in [0.3, 0.4) is 0 Å². The Bertz CT molecular complexity index is 902. The van der Waals surface area contributed by atoms with Gasteiger partial charge < -0.3 is 5.32 Å². The summed E-state index contributed by atoms with van der Waals surface area (Å²) in [4.78, 5) is 12.4. The third-order valence-corrected chi connectivity index (χ3v) is 6.36. The van der Waals surface area contributed by atoms with Crippen molar-refractivity contribution >= 4 is 54.8 Å². The summed E-state index contributed by atoms with van der Waals surface area (Å²) in [6.07, 6.45) is 0.604. The number of nitrogens with one attached hydrogen (secondary N) is 1. The smallest absolute Gasteiger partial charge is 0.257 e. The molecule has 2 aromatic rings. The van der Waals surface area contributed by atoms with Gasteiger partial charge in [0.1, 0.15) is 0 Å². The first-order valence-electron chi connectivity index (χ1n) is 7.24. The molecule has 0 bridgehead atoms. The fraction of sp³-hybridized carbons (Fsp3) is 0.188. The maximum Gasteiger partial charge on any atom is 0.257 e. The van der Waals surface area contributed by atoms with E-state index >= 15 is 0 Å². The number of sulfonamides is 1. The lowest BCUT2D eigenvalue weighted by Crippen LogP contribution is -2.25. The first-order valence-corrected chi connectivity index (χ1v) is 10.0. The number of nitrogens with zero attached hydrogens (tertiary/aromatic N) is 1. The molecule has 1 amide bonds. The van der Waals surface area contributed by atoms with Crippen LogP contribution in [-0.4, -0.2) is 26.6 Å². The molecule has 1 aliphatic rings. The maximum absolute atomic E-state index is 12.4. The van der Waals surface area contributed by atoms with Crippen molar-refractivity contribution in [1.29, 1.82) is 0 Å². The second-order valence-electron chi connectivity index (χ2n) is 5.37. The minimum Gasteiger partial charge on any atom is -0.322 e. The molecule has 0 unspecified atom stereocenters. The van der Waals surface area contributed by atoms with E-state index in [0.29, 0.717) is 34.9 Å². The van der Waals surface area contributed by atoms with Gasteiger partial charge in [-0.3, -0.25) is 9.10 Å². The molecule has 1 fully saturated rings. The Morgan fingerprint density at radius 1 is 1.21 bits per heavy atom. The highest BCUT2D eigenvalue weighted by molar-refractivity contribution is 9.10. The molecule has 0 aromatic heterocycles. The standard InChI is InChI=1S/C16H14BrClN2O3S/c17-11-5-6-15(18)14(9-11)16(21)19-12-3-1-4-13(10-12)20-7-2-8-24(20,22)23/h1,3-6,9-10H,2,7-8H2,(H,19,21). The normalized spacial score (nSPS) is 16.2. The molecule has 0 spiro atoms. The zero-order valence-corrected chi connectivity index (χ0v) is 15.7. The fourth-order valence-corrected chi connectivity index (χ4v) is 4.66. The molecule has 2 aromatic carbocycles. The number of benzene rings is 2. The maximum atomic E-state index is 12.4. The van der Waals surface area contributed by atoms with Crippen molar-refractivity contribution in [2.75, 3.05) is 21.9 Å². The van der Waals surface area contributed by atoms with Gasteiger partial charge in [-0.05, 0) is 42.8 Å². The van der Waals surface area contributed by atoms with Crippen LogP contribution in [-0.2, 0) is 10.0 Å². The highest BCUT2D eigenvalue weighted by Gasteiger charge is 2.28. The SMILES string of the molecule is O=C(Nc1cccc(N2CCCS2(=O)=O)c1)c1cc(Br)ccc1Cl. The van der Waals surface area contributed by atoms with Gasteiger partial charge >= 0.3 is 0 Å². The van der Waals surface area contributed by atoms with E-state index in [2.05, 4.69) is 21.2 Å². The predicted molar refractivity (Wildman–Crippen MR) is 99.3 cm³/mol. The molecule has 8 heteroatoms. The average Bonchev–Trinajstić information content (AvgIpc) is 2.89. The summed E-state index contributed by atoms with van der Waals surface area (Å²) in [6, 6.07) is 11.8. The Morgan fingerprint density at radius 2 is 2.00 bits per heavy atom. The number of amides is 1. The lowest BCUT2D eigenvalue weighted by Gasteiger charge is -2.18. The molecule has 0 radical (unpaired) electrons. The van der Waals surface area contributed by atoms with Gasteiger partial charge in [-0.1, -0.05) is 33.6 Å². The molecular formula is C16H14BrClN2O3S. The molecular weight excluding hydrogens is 416 g/mol. The second kappa shape index (κ2) is 6.74. The van der Waals surface area contributed by atoms with Crippen molar-refractivity contribution in [3.8, 4) is 0 Å². The van der Waals surface area contributed by atoms with Crippen LogP contribution < -0.4 is 9.62 Å². The number of hydrogen-bond donors (Lipinski definition) is 1. The van der Waals surface area contributed by atoms with Crippen LogP contribution in [0, 0.1) is 0 Å². The number of hydrogen-bond acceptors (Lipinski definition) is 3. The van der Waals surface area contributed by atoms with Gasteiger partial charge in [-0.15, -0.1) is 0 Å². The number of carbonyl (C=O) groups excluding carboxylic acids is 1. The minimum absolute atomic E-state index is 0.150. The highest BCUT2D eigenvalue weighted by atomic mass is 79.9. The lowest BCUT2D eigenvalue weighted by molar-refractivity contribution is 0.102. The van der Waals surface area contributed by atoms with E-state index in [1.807, 2.05) is 0 Å². The highest BCUT2D eigenvalue weighted by Crippen LogP contribution is 2.27. The van der Waals surface area contributed by atoms with Gasteiger partial charge in [0.2, 0.25) is 10.0 Å². The molecule has 3 rings (SSSR count). The number of rotatable bonds is 3. The van der Waals surface area contributed by atoms with E-state index in [-0.39, 0.29) is 11.7 Å². The van der Waals surface area contributed by atoms with Crippen molar-refractivity contribution < 1.29 is 13.2 Å². The summed E-state index contributed by atoms with van der Waals surface area (Å²) in [6.45, 7) is 0.456. The van der Waals surface area contributed by atoms with E-state index in [0.717, 1.165) is 4.47 Å². The third-order valence-electron chi connectivity index (χ3n) is 3.66. The summed E-state index contributed by atoms with van der Waals surface area (Å²) >= 11 is 9.37. The molecule has 0 aliphatic carbocycles. The number of carbonyl (C=O) groups is 1. The van der Waals surface area contributed by atoms with Crippen LogP contribution in [0.4, 0.5) is 11.4 Å². The van der Waals surface area contributed by atoms with Crippen molar-refractivity contribution in [1.82, 2.24) is 0 Å². The molecule has 1 heterocycles. The van der Waals surface area contributed by atoms with E-state index < -0.39 is 10.0 Å². The van der Waals surface area contributed by atoms with Gasteiger partial charge in [0.05, 0.1) is 22.0 Å². The van der Waals surface area contributed by atoms with Gasteiger partial charge in [-0.2, -0.15) is 0 Å². The largest absolute Gasteiger partial charge is 0.322 e. The molecule has 24 heavy (non-hydrogen) atoms. The fourth-order valence-electron chi connectivity index (χ4n) is 2.54. The first-order chi connectivity index (χ1) is 11.4. The topological polar surface area (TPSA) is 66.5 Å². The van der Waals surface area contributed by atoms with E-state index in [4.69, 9.17) is 11.6 Å². The van der Waals surface area contributed by atoms with Gasteiger partial charge in [0.25, 0.3) is 5.91 Å². The summed E-state index contributed by atoms with van der Waals surface area (Å²) < 4.78 is 26.1. The molecule has 1 saturated heterocycles. The minimum atomic E-state index is -3.26. The Morgan fingerprint density at radius 3 is 2.71 bits per heavy atom. The predicted octanol–water partition coefficient (Wildman–Crippen LogP) is 3.89. The summed E-state index contributed by atoms with van der Waals surface area (Å²) in [7, 11) is -3.26. The molecule has 126 valence electrons. The summed E-state index contributed by atoms with van der Waals surface area (Å²) in [5.41, 5.74) is 1.39. The Balaban J connectivity index is 1.85. The molecule has 5 nitrogen and oxygen atoms in total. The summed E-state index contributed by atoms with van der Waals surface area (Å²) in [5.74, 6) is -0.209. The zero-order valence-electron chi connectivity index (χ0n) is 12.5. The monoisotopic (exact) mass is 428 g/mol. The lowest BCUT2D eigenvalue weighted by atomic mass is 10.2. The van der Waals surface area contributed by atoms with E-state index in [1.165, 1.54) is 4.31 Å². The van der Waals surface area contributed by atoms with Gasteiger partial charge in [0, 0.05) is 16.7 Å².